The molecule has 4 nitrogen and oxygen atoms in total. The van der Waals surface area contributed by atoms with Crippen LogP contribution in [0.5, 0.6) is 11.5 Å². The summed E-state index contributed by atoms with van der Waals surface area (Å²) in [5, 5.41) is 2.50. The largest absolute Gasteiger partial charge is 0.486 e. The summed E-state index contributed by atoms with van der Waals surface area (Å²) >= 11 is 0. The zero-order valence-electron chi connectivity index (χ0n) is 16.4. The smallest absolute Gasteiger partial charge is 0.161 e. The SMILES string of the molecule is CC(CCN1NC(C(C)C)CC1C(C)C)c1ccc2c(c1)OCCO2. The maximum Gasteiger partial charge on any atom is 0.161 e. The summed E-state index contributed by atoms with van der Waals surface area (Å²) in [7, 11) is 0. The molecule has 3 rings (SSSR count). The number of nitrogens with zero attached hydrogens (tertiary/aromatic N) is 1. The second-order valence-corrected chi connectivity index (χ2v) is 8.31. The van der Waals surface area contributed by atoms with Crippen molar-refractivity contribution in [2.75, 3.05) is 19.8 Å². The molecule has 3 atom stereocenters. The lowest BCUT2D eigenvalue weighted by molar-refractivity contribution is 0.138. The van der Waals surface area contributed by atoms with E-state index in [0.29, 0.717) is 43.1 Å². The Labute approximate surface area is 152 Å². The lowest BCUT2D eigenvalue weighted by Gasteiger charge is -2.28. The molecule has 2 aliphatic rings. The van der Waals surface area contributed by atoms with Crippen molar-refractivity contribution >= 4 is 0 Å². The average Bonchev–Trinajstić information content (AvgIpc) is 3.04. The Morgan fingerprint density at radius 1 is 1.04 bits per heavy atom. The second-order valence-electron chi connectivity index (χ2n) is 8.31. The summed E-state index contributed by atoms with van der Waals surface area (Å²) in [6.45, 7) is 14.0. The summed E-state index contributed by atoms with van der Waals surface area (Å²) in [4.78, 5) is 0. The standard InChI is InChI=1S/C21H34N2O2/c1-14(2)18-13-19(15(3)4)23(22-18)9-8-16(5)17-6-7-20-21(12-17)25-11-10-24-20/h6-7,12,14-16,18-19,22H,8-11,13H2,1-5H3. The minimum atomic E-state index is 0.503. The Morgan fingerprint density at radius 2 is 1.76 bits per heavy atom. The normalized spacial score (nSPS) is 24.9. The molecule has 140 valence electrons. The van der Waals surface area contributed by atoms with Crippen molar-refractivity contribution in [3.8, 4) is 11.5 Å². The molecule has 0 radical (unpaired) electrons. The lowest BCUT2D eigenvalue weighted by Crippen LogP contribution is -2.43. The number of ether oxygens (including phenoxy) is 2. The van der Waals surface area contributed by atoms with Gasteiger partial charge in [-0.05, 0) is 48.3 Å². The van der Waals surface area contributed by atoms with Crippen LogP contribution < -0.4 is 14.9 Å². The number of hydrogen-bond acceptors (Lipinski definition) is 4. The Balaban J connectivity index is 1.60. The van der Waals surface area contributed by atoms with Gasteiger partial charge in [0.05, 0.1) is 0 Å². The van der Waals surface area contributed by atoms with E-state index in [2.05, 4.69) is 63.3 Å². The molecule has 1 fully saturated rings. The fraction of sp³-hybridized carbons (Fsp3) is 0.714. The summed E-state index contributed by atoms with van der Waals surface area (Å²) in [5.74, 6) is 3.64. The van der Waals surface area contributed by atoms with Crippen LogP contribution in [-0.4, -0.2) is 36.9 Å². The van der Waals surface area contributed by atoms with Gasteiger partial charge in [-0.2, -0.15) is 0 Å². The van der Waals surface area contributed by atoms with Gasteiger partial charge in [-0.3, -0.25) is 5.43 Å². The van der Waals surface area contributed by atoms with Gasteiger partial charge in [0.1, 0.15) is 13.2 Å². The van der Waals surface area contributed by atoms with Gasteiger partial charge in [-0.25, -0.2) is 5.01 Å². The van der Waals surface area contributed by atoms with E-state index in [1.807, 2.05) is 0 Å². The van der Waals surface area contributed by atoms with Crippen LogP contribution in [0, 0.1) is 11.8 Å². The van der Waals surface area contributed by atoms with Crippen molar-refractivity contribution in [3.63, 3.8) is 0 Å². The molecule has 0 saturated carbocycles. The lowest BCUT2D eigenvalue weighted by atomic mass is 9.93. The first kappa shape index (κ1) is 18.5. The van der Waals surface area contributed by atoms with Crippen LogP contribution in [0.1, 0.15) is 58.9 Å². The van der Waals surface area contributed by atoms with Gasteiger partial charge in [-0.1, -0.05) is 40.7 Å². The van der Waals surface area contributed by atoms with Gasteiger partial charge in [0.25, 0.3) is 0 Å². The Kier molecular flexibility index (Phi) is 5.90. The Morgan fingerprint density at radius 3 is 2.44 bits per heavy atom. The number of fused-ring (bicyclic) bond motifs is 1. The third kappa shape index (κ3) is 4.29. The van der Waals surface area contributed by atoms with Crippen molar-refractivity contribution in [3.05, 3.63) is 23.8 Å². The molecule has 0 bridgehead atoms. The van der Waals surface area contributed by atoms with Crippen LogP contribution in [0.4, 0.5) is 0 Å². The fourth-order valence-electron chi connectivity index (χ4n) is 3.90. The van der Waals surface area contributed by atoms with Crippen molar-refractivity contribution < 1.29 is 9.47 Å². The molecule has 3 unspecified atom stereocenters. The first-order valence-electron chi connectivity index (χ1n) is 9.88. The highest BCUT2D eigenvalue weighted by Crippen LogP contribution is 2.34. The topological polar surface area (TPSA) is 33.7 Å². The Hall–Kier alpha value is -1.26. The molecule has 1 saturated heterocycles. The molecule has 0 spiro atoms. The van der Waals surface area contributed by atoms with Crippen molar-refractivity contribution in [1.29, 1.82) is 0 Å². The highest BCUT2D eigenvalue weighted by atomic mass is 16.6. The molecular formula is C21H34N2O2. The van der Waals surface area contributed by atoms with Gasteiger partial charge < -0.3 is 9.47 Å². The molecule has 2 aliphatic heterocycles. The van der Waals surface area contributed by atoms with E-state index in [-0.39, 0.29) is 0 Å². The summed E-state index contributed by atoms with van der Waals surface area (Å²) in [5.41, 5.74) is 5.11. The van der Waals surface area contributed by atoms with Crippen LogP contribution in [-0.2, 0) is 0 Å². The van der Waals surface area contributed by atoms with Gasteiger partial charge in [0, 0.05) is 18.6 Å². The molecule has 1 aromatic rings. The van der Waals surface area contributed by atoms with Gasteiger partial charge in [0.2, 0.25) is 0 Å². The van der Waals surface area contributed by atoms with Gasteiger partial charge in [0.15, 0.2) is 11.5 Å². The number of benzene rings is 1. The van der Waals surface area contributed by atoms with E-state index < -0.39 is 0 Å². The second kappa shape index (κ2) is 7.96. The number of hydrazine groups is 1. The number of nitrogens with one attached hydrogen (secondary N) is 1. The summed E-state index contributed by atoms with van der Waals surface area (Å²) in [6, 6.07) is 7.65. The third-order valence-corrected chi connectivity index (χ3v) is 5.74. The van der Waals surface area contributed by atoms with E-state index in [4.69, 9.17) is 9.47 Å². The van der Waals surface area contributed by atoms with Gasteiger partial charge >= 0.3 is 0 Å². The van der Waals surface area contributed by atoms with Crippen LogP contribution >= 0.6 is 0 Å². The minimum absolute atomic E-state index is 0.503. The molecule has 1 aromatic carbocycles. The summed E-state index contributed by atoms with van der Waals surface area (Å²) < 4.78 is 11.4. The Bertz CT molecular complexity index is 573. The van der Waals surface area contributed by atoms with Crippen molar-refractivity contribution in [2.45, 2.75) is 65.5 Å². The van der Waals surface area contributed by atoms with Crippen molar-refractivity contribution in [2.24, 2.45) is 11.8 Å². The van der Waals surface area contributed by atoms with E-state index in [9.17, 15) is 0 Å². The molecule has 1 N–H and O–H groups in total. The quantitative estimate of drug-likeness (QED) is 0.836. The highest BCUT2D eigenvalue weighted by Gasteiger charge is 2.34. The zero-order valence-corrected chi connectivity index (χ0v) is 16.4. The predicted molar refractivity (Wildman–Crippen MR) is 102 cm³/mol. The third-order valence-electron chi connectivity index (χ3n) is 5.74. The van der Waals surface area contributed by atoms with E-state index >= 15 is 0 Å². The van der Waals surface area contributed by atoms with Crippen molar-refractivity contribution in [1.82, 2.24) is 10.4 Å². The number of hydrogen-bond donors (Lipinski definition) is 1. The molecular weight excluding hydrogens is 312 g/mol. The fourth-order valence-corrected chi connectivity index (χ4v) is 3.90. The maximum atomic E-state index is 5.73. The number of rotatable bonds is 6. The molecule has 0 amide bonds. The van der Waals surface area contributed by atoms with Crippen LogP contribution in [0.3, 0.4) is 0 Å². The monoisotopic (exact) mass is 346 g/mol. The first-order chi connectivity index (χ1) is 12.0. The van der Waals surface area contributed by atoms with E-state index in [1.54, 1.807) is 0 Å². The van der Waals surface area contributed by atoms with E-state index in [1.165, 1.54) is 12.0 Å². The molecule has 2 heterocycles. The zero-order chi connectivity index (χ0) is 18.0. The van der Waals surface area contributed by atoms with Crippen LogP contribution in [0.25, 0.3) is 0 Å². The first-order valence-corrected chi connectivity index (χ1v) is 9.88. The highest BCUT2D eigenvalue weighted by molar-refractivity contribution is 5.44. The maximum absolute atomic E-state index is 5.73. The molecule has 0 aliphatic carbocycles. The van der Waals surface area contributed by atoms with Crippen LogP contribution in [0.15, 0.2) is 18.2 Å². The summed E-state index contributed by atoms with van der Waals surface area (Å²) in [6.07, 6.45) is 2.40. The molecule has 4 heteroatoms. The van der Waals surface area contributed by atoms with Crippen LogP contribution in [0.2, 0.25) is 0 Å². The van der Waals surface area contributed by atoms with E-state index in [0.717, 1.165) is 24.5 Å². The molecule has 25 heavy (non-hydrogen) atoms. The minimum Gasteiger partial charge on any atom is -0.486 e. The van der Waals surface area contributed by atoms with Gasteiger partial charge in [-0.15, -0.1) is 0 Å². The average molecular weight is 347 g/mol. The molecule has 0 aromatic heterocycles. The predicted octanol–water partition coefficient (Wildman–Crippen LogP) is 4.21.